The van der Waals surface area contributed by atoms with Crippen molar-refractivity contribution in [3.05, 3.63) is 52.8 Å². The fraction of sp³-hybridized carbons (Fsp3) is 0.500. The number of rotatable bonds is 2. The summed E-state index contributed by atoms with van der Waals surface area (Å²) in [5, 5.41) is 17.3. The molecule has 1 atom stereocenters. The van der Waals surface area contributed by atoms with Gasteiger partial charge in [-0.2, -0.15) is 26.3 Å². The van der Waals surface area contributed by atoms with Crippen LogP contribution in [-0.2, 0) is 23.7 Å². The summed E-state index contributed by atoms with van der Waals surface area (Å²) < 4.78 is 88.9. The summed E-state index contributed by atoms with van der Waals surface area (Å²) in [7, 11) is 0. The number of nitrogens with zero attached hydrogens (tertiary/aromatic N) is 5. The molecule has 1 amide bonds. The van der Waals surface area contributed by atoms with E-state index in [2.05, 4.69) is 20.2 Å². The molecule has 4 bridgehead atoms. The van der Waals surface area contributed by atoms with Crippen LogP contribution in [0.5, 0.6) is 0 Å². The standard InChI is InChI=1S/C26H28F6N6O3/c1-23(2,3)14-7-8-15(34-12-14)13-38-10-6-4-5-9-24(40,26(30,31)32)22-37-36-20(41-22)19-17(33)11-16(25(27,28)29)18(35-19)21(38)39/h7-8,11-12,40H,4-6,9-10,13,33H2,1-3H3/t24-/m1/s1. The van der Waals surface area contributed by atoms with Gasteiger partial charge in [0.1, 0.15) is 5.69 Å². The summed E-state index contributed by atoms with van der Waals surface area (Å²) in [6, 6.07) is 3.88. The van der Waals surface area contributed by atoms with Crippen LogP contribution in [0, 0.1) is 0 Å². The molecule has 4 rings (SSSR count). The molecule has 0 spiro atoms. The monoisotopic (exact) mass is 586 g/mol. The lowest BCUT2D eigenvalue weighted by molar-refractivity contribution is -0.277. The summed E-state index contributed by atoms with van der Waals surface area (Å²) in [5.41, 5.74) is -0.476. The van der Waals surface area contributed by atoms with Crippen LogP contribution >= 0.6 is 0 Å². The average Bonchev–Trinajstić information content (AvgIpc) is 3.35. The first-order valence-corrected chi connectivity index (χ1v) is 12.7. The van der Waals surface area contributed by atoms with Crippen molar-refractivity contribution in [3.8, 4) is 11.6 Å². The highest BCUT2D eigenvalue weighted by molar-refractivity contribution is 5.95. The number of alkyl halides is 6. The summed E-state index contributed by atoms with van der Waals surface area (Å²) in [4.78, 5) is 22.9. The molecule has 222 valence electrons. The van der Waals surface area contributed by atoms with Crippen LogP contribution in [0.2, 0.25) is 0 Å². The van der Waals surface area contributed by atoms with Gasteiger partial charge in [-0.3, -0.25) is 9.78 Å². The number of nitrogens with two attached hydrogens (primary N) is 1. The molecular formula is C26H28F6N6O3. The summed E-state index contributed by atoms with van der Waals surface area (Å²) in [6.07, 6.45) is -9.45. The van der Waals surface area contributed by atoms with E-state index in [-0.39, 0.29) is 37.8 Å². The van der Waals surface area contributed by atoms with E-state index in [0.29, 0.717) is 11.8 Å². The fourth-order valence-electron chi connectivity index (χ4n) is 4.35. The second-order valence-corrected chi connectivity index (χ2v) is 10.9. The second-order valence-electron chi connectivity index (χ2n) is 10.9. The smallest absolute Gasteiger partial charge is 0.416 e. The summed E-state index contributed by atoms with van der Waals surface area (Å²) in [6.45, 7) is 5.61. The quantitative estimate of drug-likeness (QED) is 0.382. The van der Waals surface area contributed by atoms with Crippen molar-refractivity contribution < 1.29 is 40.7 Å². The van der Waals surface area contributed by atoms with Gasteiger partial charge >= 0.3 is 12.4 Å². The number of anilines is 1. The van der Waals surface area contributed by atoms with Gasteiger partial charge in [0.25, 0.3) is 17.7 Å². The van der Waals surface area contributed by atoms with Crippen molar-refractivity contribution in [2.75, 3.05) is 12.3 Å². The molecule has 3 aromatic rings. The van der Waals surface area contributed by atoms with E-state index in [1.807, 2.05) is 20.8 Å². The van der Waals surface area contributed by atoms with Gasteiger partial charge in [-0.15, -0.1) is 10.2 Å². The number of halogens is 6. The molecule has 0 saturated carbocycles. The second kappa shape index (κ2) is 10.6. The molecule has 3 aromatic heterocycles. The number of pyridine rings is 2. The molecule has 0 radical (unpaired) electrons. The van der Waals surface area contributed by atoms with Crippen LogP contribution in [0.15, 0.2) is 28.8 Å². The van der Waals surface area contributed by atoms with Crippen LogP contribution in [0.25, 0.3) is 11.6 Å². The molecule has 3 N–H and O–H groups in total. The molecule has 0 aromatic carbocycles. The molecule has 15 heteroatoms. The van der Waals surface area contributed by atoms with E-state index in [1.165, 1.54) is 0 Å². The normalized spacial score (nSPS) is 19.3. The van der Waals surface area contributed by atoms with Gasteiger partial charge < -0.3 is 20.2 Å². The molecule has 1 aliphatic rings. The van der Waals surface area contributed by atoms with Gasteiger partial charge in [-0.25, -0.2) is 4.98 Å². The minimum Gasteiger partial charge on any atom is -0.416 e. The summed E-state index contributed by atoms with van der Waals surface area (Å²) in [5.74, 6) is -3.09. The number of carbonyl (C=O) groups excluding carboxylic acids is 1. The lowest BCUT2D eigenvalue weighted by Gasteiger charge is -2.27. The Bertz CT molecular complexity index is 1420. The minimum atomic E-state index is -5.20. The van der Waals surface area contributed by atoms with E-state index in [1.54, 1.807) is 18.3 Å². The Morgan fingerprint density at radius 1 is 1.05 bits per heavy atom. The van der Waals surface area contributed by atoms with Gasteiger partial charge in [0.05, 0.1) is 23.5 Å². The molecular weight excluding hydrogens is 558 g/mol. The van der Waals surface area contributed by atoms with Gasteiger partial charge in [-0.05, 0) is 42.4 Å². The molecule has 9 nitrogen and oxygen atoms in total. The number of carbonyl (C=O) groups is 1. The van der Waals surface area contributed by atoms with Crippen LogP contribution < -0.4 is 5.73 Å². The number of hydrogen-bond acceptors (Lipinski definition) is 8. The highest BCUT2D eigenvalue weighted by Crippen LogP contribution is 2.43. The number of nitrogen functional groups attached to an aromatic ring is 1. The van der Waals surface area contributed by atoms with Crippen molar-refractivity contribution in [2.45, 2.75) is 76.4 Å². The summed E-state index contributed by atoms with van der Waals surface area (Å²) >= 11 is 0. The van der Waals surface area contributed by atoms with Crippen molar-refractivity contribution >= 4 is 11.6 Å². The highest BCUT2D eigenvalue weighted by Gasteiger charge is 2.58. The molecule has 1 aliphatic heterocycles. The Morgan fingerprint density at radius 2 is 1.76 bits per heavy atom. The number of hydrogen-bond donors (Lipinski definition) is 2. The van der Waals surface area contributed by atoms with Crippen molar-refractivity contribution in [1.29, 1.82) is 0 Å². The number of aliphatic hydroxyl groups is 1. The predicted octanol–water partition coefficient (Wildman–Crippen LogP) is 5.39. The van der Waals surface area contributed by atoms with Gasteiger partial charge in [0, 0.05) is 12.7 Å². The van der Waals surface area contributed by atoms with Crippen molar-refractivity contribution in [1.82, 2.24) is 25.1 Å². The molecule has 0 saturated heterocycles. The van der Waals surface area contributed by atoms with E-state index < -0.39 is 64.7 Å². The maximum Gasteiger partial charge on any atom is 0.426 e. The average molecular weight is 587 g/mol. The Labute approximate surface area is 230 Å². The zero-order valence-electron chi connectivity index (χ0n) is 22.4. The number of fused-ring (bicyclic) bond motifs is 5. The van der Waals surface area contributed by atoms with E-state index in [4.69, 9.17) is 10.2 Å². The molecule has 0 fully saturated rings. The van der Waals surface area contributed by atoms with Crippen molar-refractivity contribution in [2.24, 2.45) is 0 Å². The molecule has 0 unspecified atom stereocenters. The number of amides is 1. The largest absolute Gasteiger partial charge is 0.426 e. The van der Waals surface area contributed by atoms with Crippen LogP contribution in [0.1, 0.15) is 79.7 Å². The Hall–Kier alpha value is -3.75. The van der Waals surface area contributed by atoms with Crippen LogP contribution in [-0.4, -0.2) is 48.8 Å². The first kappa shape index (κ1) is 30.2. The fourth-order valence-corrected chi connectivity index (χ4v) is 4.35. The zero-order chi connectivity index (χ0) is 30.4. The minimum absolute atomic E-state index is 0.0894. The third-order valence-corrected chi connectivity index (χ3v) is 6.81. The van der Waals surface area contributed by atoms with Crippen LogP contribution in [0.4, 0.5) is 32.0 Å². The van der Waals surface area contributed by atoms with Crippen molar-refractivity contribution in [3.63, 3.8) is 0 Å². The van der Waals surface area contributed by atoms with E-state index in [0.717, 1.165) is 10.5 Å². The number of aromatic nitrogens is 4. The topological polar surface area (TPSA) is 131 Å². The zero-order valence-corrected chi connectivity index (χ0v) is 22.4. The first-order valence-electron chi connectivity index (χ1n) is 12.7. The Morgan fingerprint density at radius 3 is 2.34 bits per heavy atom. The Balaban J connectivity index is 1.83. The van der Waals surface area contributed by atoms with Gasteiger partial charge in [0.2, 0.25) is 5.60 Å². The maximum absolute atomic E-state index is 14.0. The lowest BCUT2D eigenvalue weighted by atomic mass is 9.88. The van der Waals surface area contributed by atoms with Crippen LogP contribution in [0.3, 0.4) is 0 Å². The lowest BCUT2D eigenvalue weighted by Crippen LogP contribution is -2.42. The first-order chi connectivity index (χ1) is 18.9. The molecule has 0 aliphatic carbocycles. The Kier molecular flexibility index (Phi) is 7.80. The SMILES string of the molecule is CC(C)(C)c1ccc(CN2CCCCC[C@](O)(C(F)(F)F)c3nnc(o3)-c3nc(c(C(F)(F)F)cc3N)C2=O)nc1. The third kappa shape index (κ3) is 6.14. The highest BCUT2D eigenvalue weighted by atomic mass is 19.4. The maximum atomic E-state index is 14.0. The van der Waals surface area contributed by atoms with Gasteiger partial charge in [0.15, 0.2) is 5.69 Å². The van der Waals surface area contributed by atoms with E-state index >= 15 is 0 Å². The van der Waals surface area contributed by atoms with E-state index in [9.17, 15) is 36.2 Å². The molecule has 41 heavy (non-hydrogen) atoms. The molecule has 4 heterocycles. The van der Waals surface area contributed by atoms with Gasteiger partial charge in [-0.1, -0.05) is 33.3 Å². The predicted molar refractivity (Wildman–Crippen MR) is 133 cm³/mol. The third-order valence-electron chi connectivity index (χ3n) is 6.81.